The van der Waals surface area contributed by atoms with Crippen molar-refractivity contribution < 1.29 is 0 Å². The molecular formula is C46H31N. The molecule has 2 aliphatic rings. The van der Waals surface area contributed by atoms with E-state index in [9.17, 15) is 0 Å². The number of para-hydroxylation sites is 1. The number of hydrogen-bond donors (Lipinski definition) is 0. The van der Waals surface area contributed by atoms with E-state index in [1.165, 1.54) is 77.3 Å². The van der Waals surface area contributed by atoms with Crippen molar-refractivity contribution in [3.8, 4) is 22.3 Å². The van der Waals surface area contributed by atoms with Crippen LogP contribution in [0.3, 0.4) is 0 Å². The van der Waals surface area contributed by atoms with Gasteiger partial charge in [-0.25, -0.2) is 0 Å². The number of benzene rings is 8. The molecule has 220 valence electrons. The zero-order valence-electron chi connectivity index (χ0n) is 26.1. The van der Waals surface area contributed by atoms with Crippen LogP contribution < -0.4 is 4.90 Å². The molecule has 0 aromatic heterocycles. The van der Waals surface area contributed by atoms with Crippen molar-refractivity contribution >= 4 is 38.6 Å². The summed E-state index contributed by atoms with van der Waals surface area (Å²) >= 11 is 0. The molecule has 0 atom stereocenters. The van der Waals surface area contributed by atoms with Crippen molar-refractivity contribution in [3.05, 3.63) is 198 Å². The summed E-state index contributed by atoms with van der Waals surface area (Å²) in [5.74, 6) is 0. The summed E-state index contributed by atoms with van der Waals surface area (Å²) in [7, 11) is 0. The van der Waals surface area contributed by atoms with Gasteiger partial charge in [-0.1, -0.05) is 145 Å². The van der Waals surface area contributed by atoms with Crippen LogP contribution in [0.25, 0.3) is 43.8 Å². The van der Waals surface area contributed by atoms with E-state index >= 15 is 0 Å². The number of rotatable bonds is 3. The van der Waals surface area contributed by atoms with Crippen LogP contribution in [0.5, 0.6) is 0 Å². The Hall–Kier alpha value is -5.92. The SMILES string of the molecule is Cc1ccc(N(c2ccccc2)c2cc3c(c4ccccc24)-c2ccc4ccccc4c2C32c3ccccc3-c3ccccc32)cc1. The summed E-state index contributed by atoms with van der Waals surface area (Å²) in [6.07, 6.45) is 0. The smallest absolute Gasteiger partial charge is 0.0732 e. The third-order valence-corrected chi connectivity index (χ3v) is 10.5. The van der Waals surface area contributed by atoms with Gasteiger partial charge in [-0.2, -0.15) is 0 Å². The Balaban J connectivity index is 1.41. The molecule has 8 aromatic rings. The minimum absolute atomic E-state index is 0.465. The predicted molar refractivity (Wildman–Crippen MR) is 197 cm³/mol. The fourth-order valence-corrected chi connectivity index (χ4v) is 8.64. The molecule has 0 aliphatic heterocycles. The quantitative estimate of drug-likeness (QED) is 0.196. The summed E-state index contributed by atoms with van der Waals surface area (Å²) in [4.78, 5) is 2.45. The molecule has 0 amide bonds. The van der Waals surface area contributed by atoms with Gasteiger partial charge in [-0.05, 0) is 97.9 Å². The van der Waals surface area contributed by atoms with Crippen molar-refractivity contribution in [2.45, 2.75) is 12.3 Å². The van der Waals surface area contributed by atoms with Gasteiger partial charge < -0.3 is 4.90 Å². The molecular weight excluding hydrogens is 567 g/mol. The molecule has 0 N–H and O–H groups in total. The largest absolute Gasteiger partial charge is 0.310 e. The summed E-state index contributed by atoms with van der Waals surface area (Å²) < 4.78 is 0. The number of anilines is 3. The van der Waals surface area contributed by atoms with Gasteiger partial charge in [0, 0.05) is 16.8 Å². The van der Waals surface area contributed by atoms with Gasteiger partial charge in [0.05, 0.1) is 11.1 Å². The Morgan fingerprint density at radius 2 is 1.00 bits per heavy atom. The Kier molecular flexibility index (Phi) is 5.48. The second kappa shape index (κ2) is 9.79. The first-order valence-corrected chi connectivity index (χ1v) is 16.5. The van der Waals surface area contributed by atoms with Gasteiger partial charge in [-0.15, -0.1) is 0 Å². The highest BCUT2D eigenvalue weighted by atomic mass is 15.1. The zero-order chi connectivity index (χ0) is 31.1. The van der Waals surface area contributed by atoms with E-state index in [4.69, 9.17) is 0 Å². The maximum atomic E-state index is 2.53. The van der Waals surface area contributed by atoms with Crippen molar-refractivity contribution in [3.63, 3.8) is 0 Å². The van der Waals surface area contributed by atoms with Gasteiger partial charge >= 0.3 is 0 Å². The van der Waals surface area contributed by atoms with Crippen molar-refractivity contribution in [2.24, 2.45) is 0 Å². The molecule has 0 unspecified atom stereocenters. The Morgan fingerprint density at radius 3 is 1.72 bits per heavy atom. The number of aryl methyl sites for hydroxylation is 1. The average Bonchev–Trinajstić information content (AvgIpc) is 3.60. The van der Waals surface area contributed by atoms with E-state index in [-0.39, 0.29) is 0 Å². The van der Waals surface area contributed by atoms with Crippen LogP contribution in [0.4, 0.5) is 17.1 Å². The van der Waals surface area contributed by atoms with E-state index in [0.29, 0.717) is 0 Å². The summed E-state index contributed by atoms with van der Waals surface area (Å²) in [6.45, 7) is 2.15. The van der Waals surface area contributed by atoms with Crippen LogP contribution in [0, 0.1) is 6.92 Å². The van der Waals surface area contributed by atoms with Crippen LogP contribution in [0.1, 0.15) is 27.8 Å². The van der Waals surface area contributed by atoms with Crippen LogP contribution in [-0.2, 0) is 5.41 Å². The number of fused-ring (bicyclic) bond motifs is 14. The first-order valence-electron chi connectivity index (χ1n) is 16.5. The van der Waals surface area contributed by atoms with E-state index in [0.717, 1.165) is 11.4 Å². The van der Waals surface area contributed by atoms with E-state index in [2.05, 4.69) is 182 Å². The molecule has 0 heterocycles. The zero-order valence-corrected chi connectivity index (χ0v) is 26.1. The lowest BCUT2D eigenvalue weighted by atomic mass is 9.69. The summed E-state index contributed by atoms with van der Waals surface area (Å²) in [5, 5.41) is 5.11. The van der Waals surface area contributed by atoms with Crippen molar-refractivity contribution in [1.82, 2.24) is 0 Å². The highest BCUT2D eigenvalue weighted by Gasteiger charge is 2.53. The van der Waals surface area contributed by atoms with Crippen molar-refractivity contribution in [2.75, 3.05) is 4.90 Å². The predicted octanol–water partition coefficient (Wildman–Crippen LogP) is 12.1. The molecule has 10 rings (SSSR count). The molecule has 1 spiro atoms. The Bertz CT molecular complexity index is 2480. The number of hydrogen-bond acceptors (Lipinski definition) is 1. The van der Waals surface area contributed by atoms with E-state index in [1.807, 2.05) is 0 Å². The minimum atomic E-state index is -0.465. The highest BCUT2D eigenvalue weighted by molar-refractivity contribution is 6.14. The average molecular weight is 598 g/mol. The molecule has 0 fully saturated rings. The van der Waals surface area contributed by atoms with Gasteiger partial charge in [0.1, 0.15) is 0 Å². The minimum Gasteiger partial charge on any atom is -0.310 e. The fraction of sp³-hybridized carbons (Fsp3) is 0.0435. The molecule has 0 bridgehead atoms. The van der Waals surface area contributed by atoms with E-state index in [1.54, 1.807) is 0 Å². The van der Waals surface area contributed by atoms with Crippen LogP contribution in [0.15, 0.2) is 170 Å². The van der Waals surface area contributed by atoms with Gasteiger partial charge in [-0.3, -0.25) is 0 Å². The molecule has 0 saturated carbocycles. The molecule has 47 heavy (non-hydrogen) atoms. The monoisotopic (exact) mass is 597 g/mol. The van der Waals surface area contributed by atoms with Crippen LogP contribution >= 0.6 is 0 Å². The maximum Gasteiger partial charge on any atom is 0.0732 e. The number of nitrogens with zero attached hydrogens (tertiary/aromatic N) is 1. The van der Waals surface area contributed by atoms with E-state index < -0.39 is 5.41 Å². The molecule has 1 heteroatoms. The standard InChI is InChI=1S/C46H31N/c1-30-23-26-33(27-24-30)47(32-14-3-2-4-15-32)43-29-42-44(38-20-8-7-19-37(38)43)39-28-25-31-13-5-6-16-34(31)45(39)46(42)40-21-11-9-17-35(40)36-18-10-12-22-41(36)46/h2-29H,1H3. The Morgan fingerprint density at radius 1 is 0.426 bits per heavy atom. The third kappa shape index (κ3) is 3.49. The third-order valence-electron chi connectivity index (χ3n) is 10.5. The molecule has 0 radical (unpaired) electrons. The second-order valence-corrected chi connectivity index (χ2v) is 12.9. The molecule has 1 nitrogen and oxygen atoms in total. The maximum absolute atomic E-state index is 2.53. The molecule has 2 aliphatic carbocycles. The Labute approximate surface area is 275 Å². The van der Waals surface area contributed by atoms with Crippen LogP contribution in [0.2, 0.25) is 0 Å². The van der Waals surface area contributed by atoms with Crippen LogP contribution in [-0.4, -0.2) is 0 Å². The first kappa shape index (κ1) is 26.3. The highest BCUT2D eigenvalue weighted by Crippen LogP contribution is 2.66. The topological polar surface area (TPSA) is 3.24 Å². The van der Waals surface area contributed by atoms with Crippen molar-refractivity contribution in [1.29, 1.82) is 0 Å². The van der Waals surface area contributed by atoms with Gasteiger partial charge in [0.15, 0.2) is 0 Å². The second-order valence-electron chi connectivity index (χ2n) is 12.9. The lowest BCUT2D eigenvalue weighted by Crippen LogP contribution is -2.26. The summed E-state index contributed by atoms with van der Waals surface area (Å²) in [6, 6.07) is 63.2. The fourth-order valence-electron chi connectivity index (χ4n) is 8.64. The normalized spacial score (nSPS) is 13.4. The first-order chi connectivity index (χ1) is 23.2. The summed E-state index contributed by atoms with van der Waals surface area (Å²) in [5.41, 5.74) is 15.0. The molecule has 0 saturated heterocycles. The molecule has 8 aromatic carbocycles. The lowest BCUT2D eigenvalue weighted by molar-refractivity contribution is 0.802. The van der Waals surface area contributed by atoms with Gasteiger partial charge in [0.25, 0.3) is 0 Å². The van der Waals surface area contributed by atoms with Gasteiger partial charge in [0.2, 0.25) is 0 Å². The lowest BCUT2D eigenvalue weighted by Gasteiger charge is -2.33.